The summed E-state index contributed by atoms with van der Waals surface area (Å²) < 4.78 is 0. The van der Waals surface area contributed by atoms with Crippen LogP contribution in [-0.2, 0) is 0 Å². The Morgan fingerprint density at radius 1 is 1.41 bits per heavy atom. The number of piperidine rings is 1. The van der Waals surface area contributed by atoms with Crippen LogP contribution in [0.3, 0.4) is 0 Å². The van der Waals surface area contributed by atoms with Crippen molar-refractivity contribution in [3.05, 3.63) is 12.7 Å². The molecule has 3 unspecified atom stereocenters. The van der Waals surface area contributed by atoms with E-state index in [1.54, 1.807) is 6.33 Å². The molecule has 4 rings (SSSR count). The summed E-state index contributed by atoms with van der Waals surface area (Å²) in [5, 5.41) is 9.26. The second kappa shape index (κ2) is 2.94. The fourth-order valence-electron chi connectivity index (χ4n) is 2.82. The zero-order valence-corrected chi connectivity index (χ0v) is 9.04. The molecule has 2 aromatic rings. The molecule has 0 spiro atoms. The van der Waals surface area contributed by atoms with Gasteiger partial charge in [0.05, 0.1) is 12.4 Å². The summed E-state index contributed by atoms with van der Waals surface area (Å²) in [7, 11) is 0. The van der Waals surface area contributed by atoms with E-state index in [0.717, 1.165) is 17.9 Å². The Balaban J connectivity index is 1.84. The van der Waals surface area contributed by atoms with Crippen molar-refractivity contribution in [1.82, 2.24) is 19.9 Å². The number of aromatic amines is 1. The van der Waals surface area contributed by atoms with Crippen molar-refractivity contribution in [3.8, 4) is 6.07 Å². The molecule has 84 valence electrons. The van der Waals surface area contributed by atoms with Crippen LogP contribution in [0.15, 0.2) is 12.7 Å². The van der Waals surface area contributed by atoms with Gasteiger partial charge in [-0.25, -0.2) is 15.0 Å². The van der Waals surface area contributed by atoms with Crippen LogP contribution in [0.2, 0.25) is 0 Å². The summed E-state index contributed by atoms with van der Waals surface area (Å²) in [5.41, 5.74) is 1.49. The maximum Gasteiger partial charge on any atom is 0.182 e. The molecule has 6 nitrogen and oxygen atoms in total. The van der Waals surface area contributed by atoms with Crippen LogP contribution in [0.5, 0.6) is 0 Å². The van der Waals surface area contributed by atoms with E-state index in [0.29, 0.717) is 17.5 Å². The lowest BCUT2D eigenvalue weighted by molar-refractivity contribution is 0.709. The van der Waals surface area contributed by atoms with Crippen molar-refractivity contribution in [2.24, 2.45) is 11.8 Å². The predicted molar refractivity (Wildman–Crippen MR) is 60.0 cm³/mol. The average molecular weight is 226 g/mol. The molecule has 3 heterocycles. The monoisotopic (exact) mass is 226 g/mol. The summed E-state index contributed by atoms with van der Waals surface area (Å²) >= 11 is 0. The molecule has 0 radical (unpaired) electrons. The van der Waals surface area contributed by atoms with E-state index in [1.165, 1.54) is 12.7 Å². The lowest BCUT2D eigenvalue weighted by Gasteiger charge is -2.23. The molecule has 1 N–H and O–H groups in total. The number of nitrogens with one attached hydrogen (secondary N) is 1. The van der Waals surface area contributed by atoms with Crippen LogP contribution >= 0.6 is 0 Å². The van der Waals surface area contributed by atoms with E-state index in [4.69, 9.17) is 0 Å². The van der Waals surface area contributed by atoms with Gasteiger partial charge in [0, 0.05) is 6.54 Å². The zero-order valence-electron chi connectivity index (χ0n) is 9.04. The molecule has 0 bridgehead atoms. The summed E-state index contributed by atoms with van der Waals surface area (Å²) in [6.45, 7) is 0.925. The molecule has 1 aliphatic heterocycles. The number of nitriles is 1. The van der Waals surface area contributed by atoms with Crippen LogP contribution in [0, 0.1) is 23.2 Å². The fraction of sp³-hybridized carbons (Fsp3) is 0.455. The first-order valence-electron chi connectivity index (χ1n) is 5.69. The number of imidazole rings is 1. The lowest BCUT2D eigenvalue weighted by atomic mass is 10.2. The van der Waals surface area contributed by atoms with E-state index in [9.17, 15) is 5.26 Å². The molecule has 1 saturated carbocycles. The summed E-state index contributed by atoms with van der Waals surface area (Å²) in [6, 6.07) is 2.35. The van der Waals surface area contributed by atoms with Crippen molar-refractivity contribution >= 4 is 17.0 Å². The smallest absolute Gasteiger partial charge is 0.182 e. The van der Waals surface area contributed by atoms with E-state index >= 15 is 0 Å². The van der Waals surface area contributed by atoms with Crippen molar-refractivity contribution in [3.63, 3.8) is 0 Å². The number of hydrogen-bond acceptors (Lipinski definition) is 5. The largest absolute Gasteiger partial charge is 0.340 e. The molecule has 1 aliphatic carbocycles. The first-order valence-corrected chi connectivity index (χ1v) is 5.69. The molecule has 6 heteroatoms. The number of anilines is 1. The Morgan fingerprint density at radius 3 is 3.24 bits per heavy atom. The zero-order chi connectivity index (χ0) is 11.4. The number of fused-ring (bicyclic) bond motifs is 2. The SMILES string of the molecule is N#CC1C2CC2CN1c1ncnc2nc[nH]c12. The van der Waals surface area contributed by atoms with Gasteiger partial charge >= 0.3 is 0 Å². The van der Waals surface area contributed by atoms with Crippen molar-refractivity contribution < 1.29 is 0 Å². The first kappa shape index (κ1) is 8.93. The van der Waals surface area contributed by atoms with Crippen molar-refractivity contribution in [2.45, 2.75) is 12.5 Å². The fourth-order valence-corrected chi connectivity index (χ4v) is 2.82. The van der Waals surface area contributed by atoms with Gasteiger partial charge in [-0.15, -0.1) is 0 Å². The third kappa shape index (κ3) is 1.11. The van der Waals surface area contributed by atoms with Crippen molar-refractivity contribution in [2.75, 3.05) is 11.4 Å². The molecular weight excluding hydrogens is 216 g/mol. The van der Waals surface area contributed by atoms with E-state index in [1.807, 2.05) is 0 Å². The van der Waals surface area contributed by atoms with Gasteiger partial charge in [-0.1, -0.05) is 0 Å². The predicted octanol–water partition coefficient (Wildman–Crippen LogP) is 0.701. The van der Waals surface area contributed by atoms with Gasteiger partial charge in [0.25, 0.3) is 0 Å². The van der Waals surface area contributed by atoms with Crippen LogP contribution in [0.4, 0.5) is 5.82 Å². The normalized spacial score (nSPS) is 30.3. The van der Waals surface area contributed by atoms with Gasteiger partial charge < -0.3 is 9.88 Å². The minimum absolute atomic E-state index is 0.0404. The first-order chi connectivity index (χ1) is 8.38. The number of nitrogens with zero attached hydrogens (tertiary/aromatic N) is 5. The van der Waals surface area contributed by atoms with E-state index in [2.05, 4.69) is 30.9 Å². The number of H-pyrrole nitrogens is 1. The molecule has 2 aromatic heterocycles. The minimum atomic E-state index is -0.0404. The van der Waals surface area contributed by atoms with Crippen LogP contribution in [-0.4, -0.2) is 32.5 Å². The highest BCUT2D eigenvalue weighted by Gasteiger charge is 2.53. The number of hydrogen-bond donors (Lipinski definition) is 1. The van der Waals surface area contributed by atoms with Gasteiger partial charge in [0.15, 0.2) is 11.5 Å². The molecule has 17 heavy (non-hydrogen) atoms. The quantitative estimate of drug-likeness (QED) is 0.774. The molecule has 2 fully saturated rings. The van der Waals surface area contributed by atoms with Crippen LogP contribution in [0.25, 0.3) is 11.2 Å². The molecule has 1 saturated heterocycles. The van der Waals surface area contributed by atoms with Gasteiger partial charge in [-0.05, 0) is 18.3 Å². The minimum Gasteiger partial charge on any atom is -0.340 e. The van der Waals surface area contributed by atoms with Crippen LogP contribution < -0.4 is 4.90 Å². The third-order valence-electron chi connectivity index (χ3n) is 3.76. The Morgan fingerprint density at radius 2 is 2.35 bits per heavy atom. The number of rotatable bonds is 1. The topological polar surface area (TPSA) is 81.5 Å². The van der Waals surface area contributed by atoms with Gasteiger partial charge in [-0.3, -0.25) is 0 Å². The second-order valence-corrected chi connectivity index (χ2v) is 4.68. The summed E-state index contributed by atoms with van der Waals surface area (Å²) in [6.07, 6.45) is 4.31. The molecule has 0 amide bonds. The highest BCUT2D eigenvalue weighted by Crippen LogP contribution is 2.50. The molecule has 2 aliphatic rings. The van der Waals surface area contributed by atoms with E-state index in [-0.39, 0.29) is 6.04 Å². The third-order valence-corrected chi connectivity index (χ3v) is 3.76. The summed E-state index contributed by atoms with van der Waals surface area (Å²) in [4.78, 5) is 17.7. The van der Waals surface area contributed by atoms with Crippen molar-refractivity contribution in [1.29, 1.82) is 5.26 Å². The van der Waals surface area contributed by atoms with Gasteiger partial charge in [-0.2, -0.15) is 5.26 Å². The van der Waals surface area contributed by atoms with E-state index < -0.39 is 0 Å². The standard InChI is InChI=1S/C11H10N6/c12-2-8-7-1-6(7)3-17(8)11-9-10(14-4-13-9)15-5-16-11/h4-8H,1,3H2,(H,13,14,15,16). The second-order valence-electron chi connectivity index (χ2n) is 4.68. The van der Waals surface area contributed by atoms with Gasteiger partial charge in [0.2, 0.25) is 0 Å². The molecule has 3 atom stereocenters. The maximum atomic E-state index is 9.26. The highest BCUT2D eigenvalue weighted by atomic mass is 15.3. The Hall–Kier alpha value is -2.16. The van der Waals surface area contributed by atoms with Crippen LogP contribution in [0.1, 0.15) is 6.42 Å². The summed E-state index contributed by atoms with van der Waals surface area (Å²) in [5.74, 6) is 2.02. The molecular formula is C11H10N6. The Bertz CT molecular complexity index is 626. The Kier molecular flexibility index (Phi) is 1.55. The number of aromatic nitrogens is 4. The maximum absolute atomic E-state index is 9.26. The Labute approximate surface area is 97.3 Å². The van der Waals surface area contributed by atoms with Gasteiger partial charge in [0.1, 0.15) is 17.9 Å². The lowest BCUT2D eigenvalue weighted by Crippen LogP contribution is -2.32. The highest BCUT2D eigenvalue weighted by molar-refractivity contribution is 5.83. The molecule has 0 aromatic carbocycles. The average Bonchev–Trinajstić information content (AvgIpc) is 2.83.